The van der Waals surface area contributed by atoms with Crippen molar-refractivity contribution in [1.82, 2.24) is 40.1 Å². The Labute approximate surface area is 321 Å². The molecule has 2 aliphatic heterocycles. The molecule has 4 aromatic heterocycles. The number of piperazine rings is 2. The summed E-state index contributed by atoms with van der Waals surface area (Å²) in [7, 11) is 0. The van der Waals surface area contributed by atoms with Crippen LogP contribution in [0, 0.1) is 0 Å². The van der Waals surface area contributed by atoms with Gasteiger partial charge in [-0.1, -0.05) is 46.4 Å². The summed E-state index contributed by atoms with van der Waals surface area (Å²) >= 11 is 27.1. The fourth-order valence-electron chi connectivity index (χ4n) is 5.18. The van der Waals surface area contributed by atoms with Crippen LogP contribution in [0.25, 0.3) is 21.4 Å². The van der Waals surface area contributed by atoms with Gasteiger partial charge in [0, 0.05) is 51.4 Å². The number of amides is 1. The van der Waals surface area contributed by atoms with E-state index in [0.29, 0.717) is 57.8 Å². The van der Waals surface area contributed by atoms with Gasteiger partial charge in [0.2, 0.25) is 0 Å². The number of aromatic nitrogens is 6. The standard InChI is InChI=1S/C17H21Cl2N5O3S.C12H13Cl2N5OS.ClH/c1-9-7-23(16(26)27-17(2,3)4)5-6-24(9)14-10(18)15(25)22-13(21-14)11-12(19)20-8-28-11;1-6-4-15-2-3-19(6)11-7(13)12(20)18-10(17-11)8-9(14)16-5-21-8;/h8-9H,5-7H2,1-4H3,(H,21,22,25);5-6,15H,2-4H2,1H3,(H,17,18,20);1H/t9-;6-;/m11./s1. The molecule has 2 aliphatic rings. The van der Waals surface area contributed by atoms with Gasteiger partial charge in [-0.3, -0.25) is 9.59 Å². The Bertz CT molecular complexity index is 1930. The van der Waals surface area contributed by atoms with Gasteiger partial charge < -0.3 is 34.7 Å². The van der Waals surface area contributed by atoms with Gasteiger partial charge in [0.1, 0.15) is 25.4 Å². The van der Waals surface area contributed by atoms with Gasteiger partial charge in [0.25, 0.3) is 11.1 Å². The van der Waals surface area contributed by atoms with Gasteiger partial charge in [-0.2, -0.15) is 0 Å². The molecule has 0 unspecified atom stereocenters. The van der Waals surface area contributed by atoms with E-state index in [0.717, 1.165) is 19.6 Å². The van der Waals surface area contributed by atoms with Crippen LogP contribution in [-0.2, 0) is 4.74 Å². The molecule has 3 N–H and O–H groups in total. The zero-order valence-electron chi connectivity index (χ0n) is 27.6. The van der Waals surface area contributed by atoms with E-state index in [1.165, 1.54) is 22.7 Å². The van der Waals surface area contributed by atoms with Gasteiger partial charge in [0.05, 0.1) is 11.0 Å². The largest absolute Gasteiger partial charge is 0.444 e. The number of nitrogens with zero attached hydrogens (tertiary/aromatic N) is 7. The zero-order valence-corrected chi connectivity index (χ0v) is 33.0. The van der Waals surface area contributed by atoms with E-state index in [1.54, 1.807) is 15.9 Å². The smallest absolute Gasteiger partial charge is 0.410 e. The van der Waals surface area contributed by atoms with E-state index in [1.807, 2.05) is 37.5 Å². The summed E-state index contributed by atoms with van der Waals surface area (Å²) in [4.78, 5) is 65.9. The van der Waals surface area contributed by atoms with E-state index < -0.39 is 11.2 Å². The van der Waals surface area contributed by atoms with Crippen LogP contribution < -0.4 is 26.2 Å². The minimum Gasteiger partial charge on any atom is -0.444 e. The van der Waals surface area contributed by atoms with Crippen molar-refractivity contribution in [1.29, 1.82) is 0 Å². The monoisotopic (exact) mass is 826 g/mol. The van der Waals surface area contributed by atoms with E-state index >= 15 is 0 Å². The number of rotatable bonds is 4. The van der Waals surface area contributed by atoms with Gasteiger partial charge in [-0.15, -0.1) is 35.1 Å². The third kappa shape index (κ3) is 9.20. The van der Waals surface area contributed by atoms with Crippen molar-refractivity contribution in [2.24, 2.45) is 0 Å². The molecule has 21 heteroatoms. The van der Waals surface area contributed by atoms with Crippen molar-refractivity contribution in [2.75, 3.05) is 49.1 Å². The summed E-state index contributed by atoms with van der Waals surface area (Å²) in [5.74, 6) is 1.58. The molecule has 0 bridgehead atoms. The first-order valence-electron chi connectivity index (χ1n) is 15.1. The fraction of sp³-hybridized carbons (Fsp3) is 0.483. The van der Waals surface area contributed by atoms with Crippen LogP contribution in [0.3, 0.4) is 0 Å². The number of halogens is 5. The zero-order chi connectivity index (χ0) is 35.6. The molecule has 14 nitrogen and oxygen atoms in total. The summed E-state index contributed by atoms with van der Waals surface area (Å²) in [6, 6.07) is 0.0909. The average Bonchev–Trinajstić information content (AvgIpc) is 3.67. The lowest BCUT2D eigenvalue weighted by molar-refractivity contribution is 0.0218. The van der Waals surface area contributed by atoms with Crippen LogP contribution in [0.5, 0.6) is 0 Å². The number of nitrogens with one attached hydrogen (secondary N) is 3. The summed E-state index contributed by atoms with van der Waals surface area (Å²) in [6.45, 7) is 13.2. The van der Waals surface area contributed by atoms with Crippen LogP contribution >= 0.6 is 81.5 Å². The van der Waals surface area contributed by atoms with E-state index in [4.69, 9.17) is 51.1 Å². The van der Waals surface area contributed by atoms with Gasteiger partial charge in [-0.25, -0.2) is 24.7 Å². The molecule has 2 fully saturated rings. The van der Waals surface area contributed by atoms with Gasteiger partial charge in [0.15, 0.2) is 33.6 Å². The molecule has 0 spiro atoms. The van der Waals surface area contributed by atoms with Crippen LogP contribution in [-0.4, -0.2) is 97.9 Å². The number of hydrogen-bond donors (Lipinski definition) is 3. The van der Waals surface area contributed by atoms with Crippen molar-refractivity contribution in [3.63, 3.8) is 0 Å². The highest BCUT2D eigenvalue weighted by molar-refractivity contribution is 7.14. The van der Waals surface area contributed by atoms with Gasteiger partial charge >= 0.3 is 6.09 Å². The lowest BCUT2D eigenvalue weighted by atomic mass is 10.2. The highest BCUT2D eigenvalue weighted by Crippen LogP contribution is 2.33. The summed E-state index contributed by atoms with van der Waals surface area (Å²) in [5, 5.41) is 3.99. The second kappa shape index (κ2) is 16.8. The van der Waals surface area contributed by atoms with Crippen LogP contribution in [0.1, 0.15) is 34.6 Å². The van der Waals surface area contributed by atoms with Crippen LogP contribution in [0.4, 0.5) is 16.4 Å². The van der Waals surface area contributed by atoms with Crippen molar-refractivity contribution < 1.29 is 9.53 Å². The highest BCUT2D eigenvalue weighted by atomic mass is 35.5. The van der Waals surface area contributed by atoms with Crippen molar-refractivity contribution in [2.45, 2.75) is 52.3 Å². The SMILES string of the molecule is C[C@@H]1CN(C(=O)OC(C)(C)C)CCN1c1nc(-c2scnc2Cl)[nH]c(=O)c1Cl.C[C@@H]1CNCCN1c1nc(-c2scnc2Cl)[nH]c(=O)c1Cl.Cl. The number of anilines is 2. The second-order valence-corrected chi connectivity index (χ2v) is 15.4. The second-order valence-electron chi connectivity index (χ2n) is 12.3. The number of ether oxygens (including phenoxy) is 1. The molecule has 0 radical (unpaired) electrons. The third-order valence-electron chi connectivity index (χ3n) is 7.49. The maximum atomic E-state index is 12.3. The Kier molecular flexibility index (Phi) is 13.4. The molecular weight excluding hydrogens is 794 g/mol. The first-order valence-corrected chi connectivity index (χ1v) is 18.4. The number of hydrogen-bond acceptors (Lipinski definition) is 13. The minimum absolute atomic E-state index is 0. The Morgan fingerprint density at radius 1 is 0.840 bits per heavy atom. The number of aromatic amines is 2. The van der Waals surface area contributed by atoms with E-state index in [2.05, 4.69) is 42.1 Å². The molecule has 6 heterocycles. The summed E-state index contributed by atoms with van der Waals surface area (Å²) < 4.78 is 5.44. The topological polar surface area (TPSA) is 165 Å². The molecule has 0 aliphatic carbocycles. The summed E-state index contributed by atoms with van der Waals surface area (Å²) in [5.41, 5.74) is 1.81. The molecule has 50 heavy (non-hydrogen) atoms. The lowest BCUT2D eigenvalue weighted by Crippen LogP contribution is -2.55. The first-order chi connectivity index (χ1) is 23.1. The Balaban J connectivity index is 0.000000229. The lowest BCUT2D eigenvalue weighted by Gasteiger charge is -2.41. The van der Waals surface area contributed by atoms with Gasteiger partial charge in [-0.05, 0) is 34.6 Å². The molecule has 6 rings (SSSR count). The summed E-state index contributed by atoms with van der Waals surface area (Å²) in [6.07, 6.45) is -0.360. The van der Waals surface area contributed by atoms with Crippen LogP contribution in [0.15, 0.2) is 20.6 Å². The predicted molar refractivity (Wildman–Crippen MR) is 204 cm³/mol. The van der Waals surface area contributed by atoms with Crippen molar-refractivity contribution in [3.05, 3.63) is 52.1 Å². The maximum absolute atomic E-state index is 12.3. The van der Waals surface area contributed by atoms with E-state index in [-0.39, 0.29) is 51.3 Å². The number of H-pyrrole nitrogens is 2. The number of thiazole rings is 2. The Hall–Kier alpha value is -2.70. The molecule has 2 atom stereocenters. The fourth-order valence-corrected chi connectivity index (χ4v) is 7.48. The van der Waals surface area contributed by atoms with E-state index in [9.17, 15) is 14.4 Å². The maximum Gasteiger partial charge on any atom is 0.410 e. The number of carbonyl (C=O) groups excluding carboxylic acids is 1. The molecule has 1 amide bonds. The molecule has 0 aromatic carbocycles. The molecule has 2 saturated heterocycles. The molecule has 4 aromatic rings. The molecule has 272 valence electrons. The van der Waals surface area contributed by atoms with Crippen molar-refractivity contribution >= 4 is 99.2 Å². The molecule has 0 saturated carbocycles. The first kappa shape index (κ1) is 40.1. The Morgan fingerprint density at radius 3 is 1.76 bits per heavy atom. The molecular formula is C29H35Cl5N10O4S2. The number of carbonyl (C=O) groups is 1. The predicted octanol–water partition coefficient (Wildman–Crippen LogP) is 6.07. The average molecular weight is 829 g/mol. The van der Waals surface area contributed by atoms with Crippen LogP contribution in [0.2, 0.25) is 20.4 Å². The van der Waals surface area contributed by atoms with Crippen molar-refractivity contribution in [3.8, 4) is 21.4 Å². The Morgan fingerprint density at radius 2 is 1.34 bits per heavy atom. The highest BCUT2D eigenvalue weighted by Gasteiger charge is 2.32. The normalized spacial score (nSPS) is 17.9. The quantitative estimate of drug-likeness (QED) is 0.219. The third-order valence-corrected chi connectivity index (χ3v) is 10.6. The minimum atomic E-state index is -0.558.